The van der Waals surface area contributed by atoms with E-state index >= 15 is 0 Å². The molecular formula is C12H15N3O5S. The van der Waals surface area contributed by atoms with Crippen molar-refractivity contribution in [1.82, 2.24) is 5.32 Å². The van der Waals surface area contributed by atoms with Crippen LogP contribution < -0.4 is 10.6 Å². The number of non-ortho nitro benzene ring substituents is 1. The number of aliphatic carboxylic acids is 1. The van der Waals surface area contributed by atoms with E-state index in [0.717, 1.165) is 0 Å². The maximum atomic E-state index is 11.7. The molecule has 21 heavy (non-hydrogen) atoms. The predicted molar refractivity (Wildman–Crippen MR) is 79.7 cm³/mol. The topological polar surface area (TPSA) is 122 Å². The molecule has 0 aliphatic rings. The van der Waals surface area contributed by atoms with Crippen molar-refractivity contribution in [2.24, 2.45) is 0 Å². The highest BCUT2D eigenvalue weighted by Gasteiger charge is 2.19. The molecular weight excluding hydrogens is 298 g/mol. The van der Waals surface area contributed by atoms with Crippen LogP contribution in [0.1, 0.15) is 6.42 Å². The summed E-state index contributed by atoms with van der Waals surface area (Å²) in [5.41, 5.74) is 0.247. The van der Waals surface area contributed by atoms with Crippen LogP contribution in [0.15, 0.2) is 24.3 Å². The van der Waals surface area contributed by atoms with Crippen molar-refractivity contribution in [3.05, 3.63) is 34.4 Å². The summed E-state index contributed by atoms with van der Waals surface area (Å²) in [5, 5.41) is 24.2. The number of nitrogens with zero attached hydrogens (tertiary/aromatic N) is 1. The van der Waals surface area contributed by atoms with Crippen LogP contribution in [0.5, 0.6) is 0 Å². The van der Waals surface area contributed by atoms with Gasteiger partial charge in [0.05, 0.1) is 4.92 Å². The van der Waals surface area contributed by atoms with Gasteiger partial charge in [0.25, 0.3) is 5.69 Å². The molecule has 0 heterocycles. The third-order valence-electron chi connectivity index (χ3n) is 2.55. The van der Waals surface area contributed by atoms with Crippen molar-refractivity contribution in [3.63, 3.8) is 0 Å². The molecule has 0 radical (unpaired) electrons. The monoisotopic (exact) mass is 313 g/mol. The molecule has 0 bridgehead atoms. The number of nitro groups is 1. The van der Waals surface area contributed by atoms with Gasteiger partial charge in [0.15, 0.2) is 0 Å². The molecule has 0 saturated heterocycles. The van der Waals surface area contributed by atoms with Gasteiger partial charge < -0.3 is 15.7 Å². The number of benzene rings is 1. The first-order valence-corrected chi connectivity index (χ1v) is 7.37. The molecule has 0 saturated carbocycles. The first-order valence-electron chi connectivity index (χ1n) is 5.97. The van der Waals surface area contributed by atoms with Crippen LogP contribution in [-0.4, -0.2) is 40.1 Å². The van der Waals surface area contributed by atoms with E-state index in [1.165, 1.54) is 36.0 Å². The second kappa shape index (κ2) is 8.10. The molecule has 0 spiro atoms. The lowest BCUT2D eigenvalue weighted by molar-refractivity contribution is -0.384. The molecule has 9 heteroatoms. The highest BCUT2D eigenvalue weighted by Crippen LogP contribution is 2.15. The molecule has 0 unspecified atom stereocenters. The lowest BCUT2D eigenvalue weighted by Crippen LogP contribution is -2.43. The van der Waals surface area contributed by atoms with Gasteiger partial charge in [-0.3, -0.25) is 10.1 Å². The minimum Gasteiger partial charge on any atom is -0.480 e. The molecule has 0 aliphatic heterocycles. The summed E-state index contributed by atoms with van der Waals surface area (Å²) in [7, 11) is 0. The Morgan fingerprint density at radius 3 is 2.48 bits per heavy atom. The third kappa shape index (κ3) is 5.69. The van der Waals surface area contributed by atoms with Gasteiger partial charge in [-0.2, -0.15) is 11.8 Å². The number of anilines is 1. The largest absolute Gasteiger partial charge is 0.480 e. The highest BCUT2D eigenvalue weighted by atomic mass is 32.2. The van der Waals surface area contributed by atoms with Gasteiger partial charge in [-0.25, -0.2) is 9.59 Å². The van der Waals surface area contributed by atoms with Gasteiger partial charge in [-0.1, -0.05) is 0 Å². The van der Waals surface area contributed by atoms with Crippen molar-refractivity contribution >= 4 is 35.1 Å². The Kier molecular flexibility index (Phi) is 6.47. The SMILES string of the molecule is CSCC[C@@H](NC(=O)Nc1ccc([N+](=O)[O-])cc1)C(=O)O. The number of carbonyl (C=O) groups is 2. The Bertz CT molecular complexity index is 520. The lowest BCUT2D eigenvalue weighted by atomic mass is 10.2. The van der Waals surface area contributed by atoms with Gasteiger partial charge in [0, 0.05) is 17.8 Å². The third-order valence-corrected chi connectivity index (χ3v) is 3.19. The summed E-state index contributed by atoms with van der Waals surface area (Å²) in [6.45, 7) is 0. The van der Waals surface area contributed by atoms with E-state index in [-0.39, 0.29) is 5.69 Å². The van der Waals surface area contributed by atoms with Crippen LogP contribution >= 0.6 is 11.8 Å². The lowest BCUT2D eigenvalue weighted by Gasteiger charge is -2.14. The van der Waals surface area contributed by atoms with Crippen molar-refractivity contribution in [2.75, 3.05) is 17.3 Å². The predicted octanol–water partition coefficient (Wildman–Crippen LogP) is 1.92. The van der Waals surface area contributed by atoms with Crippen molar-refractivity contribution in [3.8, 4) is 0 Å². The number of thioether (sulfide) groups is 1. The maximum absolute atomic E-state index is 11.7. The fourth-order valence-electron chi connectivity index (χ4n) is 1.48. The Balaban J connectivity index is 2.59. The Morgan fingerprint density at radius 1 is 1.38 bits per heavy atom. The van der Waals surface area contributed by atoms with E-state index < -0.39 is 23.0 Å². The first kappa shape index (κ1) is 16.8. The number of amides is 2. The van der Waals surface area contributed by atoms with Gasteiger partial charge in [0.2, 0.25) is 0 Å². The summed E-state index contributed by atoms with van der Waals surface area (Å²) >= 11 is 1.48. The minimum absolute atomic E-state index is 0.0932. The molecule has 0 aliphatic carbocycles. The highest BCUT2D eigenvalue weighted by molar-refractivity contribution is 7.98. The number of hydrogen-bond donors (Lipinski definition) is 3. The summed E-state index contributed by atoms with van der Waals surface area (Å²) in [6, 6.07) is 3.59. The Hall–Kier alpha value is -2.29. The number of hydrogen-bond acceptors (Lipinski definition) is 5. The van der Waals surface area contributed by atoms with Crippen molar-refractivity contribution < 1.29 is 19.6 Å². The van der Waals surface area contributed by atoms with Gasteiger partial charge in [0.1, 0.15) is 6.04 Å². The van der Waals surface area contributed by atoms with E-state index in [2.05, 4.69) is 10.6 Å². The van der Waals surface area contributed by atoms with Crippen LogP contribution in [-0.2, 0) is 4.79 Å². The smallest absolute Gasteiger partial charge is 0.326 e. The molecule has 0 aromatic heterocycles. The number of carbonyl (C=O) groups excluding carboxylic acids is 1. The molecule has 1 rings (SSSR count). The second-order valence-corrected chi connectivity index (χ2v) is 5.06. The average molecular weight is 313 g/mol. The standard InChI is InChI=1S/C12H15N3O5S/c1-21-7-6-10(11(16)17)14-12(18)13-8-2-4-9(5-3-8)15(19)20/h2-5,10H,6-7H2,1H3,(H,16,17)(H2,13,14,18)/t10-/m1/s1. The molecule has 2 amide bonds. The number of urea groups is 1. The minimum atomic E-state index is -1.11. The zero-order valence-corrected chi connectivity index (χ0v) is 12.1. The normalized spacial score (nSPS) is 11.5. The average Bonchev–Trinajstić information content (AvgIpc) is 2.43. The Labute approximate surface area is 125 Å². The fraction of sp³-hybridized carbons (Fsp3) is 0.333. The quantitative estimate of drug-likeness (QED) is 0.522. The summed E-state index contributed by atoms with van der Waals surface area (Å²) in [5.74, 6) is -0.502. The first-order chi connectivity index (χ1) is 9.93. The van der Waals surface area contributed by atoms with Gasteiger partial charge in [-0.15, -0.1) is 0 Å². The fourth-order valence-corrected chi connectivity index (χ4v) is 1.96. The van der Waals surface area contributed by atoms with Gasteiger partial charge in [-0.05, 0) is 30.6 Å². The molecule has 1 atom stereocenters. The number of nitro benzene ring substituents is 1. The van der Waals surface area contributed by atoms with E-state index in [1.807, 2.05) is 6.26 Å². The Morgan fingerprint density at radius 2 is 2.00 bits per heavy atom. The van der Waals surface area contributed by atoms with Crippen LogP contribution in [0, 0.1) is 10.1 Å². The number of rotatable bonds is 7. The van der Waals surface area contributed by atoms with Crippen LogP contribution in [0.3, 0.4) is 0 Å². The van der Waals surface area contributed by atoms with E-state index in [0.29, 0.717) is 17.9 Å². The maximum Gasteiger partial charge on any atom is 0.326 e. The van der Waals surface area contributed by atoms with Crippen LogP contribution in [0.4, 0.5) is 16.2 Å². The van der Waals surface area contributed by atoms with Crippen molar-refractivity contribution in [2.45, 2.75) is 12.5 Å². The number of carboxylic acids is 1. The molecule has 8 nitrogen and oxygen atoms in total. The summed E-state index contributed by atoms with van der Waals surface area (Å²) < 4.78 is 0. The van der Waals surface area contributed by atoms with E-state index in [9.17, 15) is 19.7 Å². The molecule has 3 N–H and O–H groups in total. The van der Waals surface area contributed by atoms with Gasteiger partial charge >= 0.3 is 12.0 Å². The van der Waals surface area contributed by atoms with Crippen LogP contribution in [0.25, 0.3) is 0 Å². The van der Waals surface area contributed by atoms with Crippen LogP contribution in [0.2, 0.25) is 0 Å². The van der Waals surface area contributed by atoms with E-state index in [1.54, 1.807) is 0 Å². The molecule has 1 aromatic rings. The summed E-state index contributed by atoms with van der Waals surface area (Å²) in [6.07, 6.45) is 2.15. The number of nitrogens with one attached hydrogen (secondary N) is 2. The zero-order valence-electron chi connectivity index (χ0n) is 11.2. The number of carboxylic acid groups (broad SMARTS) is 1. The molecule has 1 aromatic carbocycles. The molecule has 114 valence electrons. The van der Waals surface area contributed by atoms with E-state index in [4.69, 9.17) is 5.11 Å². The molecule has 0 fully saturated rings. The van der Waals surface area contributed by atoms with Crippen molar-refractivity contribution in [1.29, 1.82) is 0 Å². The summed E-state index contributed by atoms with van der Waals surface area (Å²) in [4.78, 5) is 32.6. The second-order valence-electron chi connectivity index (χ2n) is 4.07. The zero-order chi connectivity index (χ0) is 15.8.